The molecular weight excluding hydrogens is 759 g/mol. The summed E-state index contributed by atoms with van der Waals surface area (Å²) >= 11 is 2.04. The van der Waals surface area contributed by atoms with E-state index in [1.807, 2.05) is 0 Å². The fourth-order valence-electron chi connectivity index (χ4n) is 4.87. The van der Waals surface area contributed by atoms with E-state index < -0.39 is 58.2 Å². The number of nitrogens with one attached hydrogen (secondary N) is 2. The van der Waals surface area contributed by atoms with E-state index in [0.29, 0.717) is 31.8 Å². The number of benzene rings is 4. The molecule has 2 N–H and O–H groups in total. The number of hydrogen-bond donors (Lipinski definition) is 2. The van der Waals surface area contributed by atoms with Crippen molar-refractivity contribution >= 4 is 38.8 Å². The Balaban J connectivity index is 0.000000204. The Bertz CT molecular complexity index is 2220. The number of thiazole rings is 2. The maximum absolute atomic E-state index is 13.7. The topological polar surface area (TPSA) is 66.9 Å². The molecule has 0 aliphatic rings. The normalized spacial score (nSPS) is 11.5. The van der Waals surface area contributed by atoms with Crippen LogP contribution in [-0.2, 0) is 18.9 Å². The molecule has 0 fully saturated rings. The third-order valence-electron chi connectivity index (χ3n) is 7.39. The predicted molar refractivity (Wildman–Crippen MR) is 183 cm³/mol. The minimum atomic E-state index is -4.49. The summed E-state index contributed by atoms with van der Waals surface area (Å²) in [7, 11) is 0. The van der Waals surface area contributed by atoms with E-state index in [-0.39, 0.29) is 22.8 Å². The van der Waals surface area contributed by atoms with Crippen molar-refractivity contribution in [2.75, 3.05) is 10.6 Å². The maximum atomic E-state index is 13.7. The molecule has 2 aromatic heterocycles. The van der Waals surface area contributed by atoms with Crippen molar-refractivity contribution < 1.29 is 48.7 Å². The van der Waals surface area contributed by atoms with Gasteiger partial charge < -0.3 is 5.32 Å². The average molecular weight is 783 g/mol. The molecule has 4 aromatic carbocycles. The fraction of sp³-hybridized carbons (Fsp3) is 0.139. The van der Waals surface area contributed by atoms with Crippen molar-refractivity contribution in [2.24, 2.45) is 0 Å². The van der Waals surface area contributed by atoms with Crippen LogP contribution in [0.25, 0.3) is 20.9 Å². The Morgan fingerprint density at radius 2 is 1.04 bits per heavy atom. The number of nitrogens with zero attached hydrogens (tertiary/aromatic N) is 2. The number of aryl methyl sites for hydroxylation is 2. The highest BCUT2D eigenvalue weighted by Crippen LogP contribution is 2.38. The second-order valence-electron chi connectivity index (χ2n) is 11.1. The number of rotatable bonds is 7. The first-order valence-electron chi connectivity index (χ1n) is 15.1. The van der Waals surface area contributed by atoms with Crippen molar-refractivity contribution in [3.05, 3.63) is 142 Å². The van der Waals surface area contributed by atoms with Crippen molar-refractivity contribution in [3.63, 3.8) is 0 Å². The third-order valence-corrected chi connectivity index (χ3v) is 9.67. The minimum Gasteiger partial charge on any atom is -0.357 e. The van der Waals surface area contributed by atoms with Crippen LogP contribution in [0.1, 0.15) is 38.4 Å². The molecule has 276 valence electrons. The van der Waals surface area contributed by atoms with Crippen LogP contribution in [0, 0.1) is 37.1 Å². The van der Waals surface area contributed by atoms with Gasteiger partial charge in [-0.05, 0) is 73.5 Å². The molecule has 0 spiro atoms. The number of amides is 1. The highest BCUT2D eigenvalue weighted by atomic mass is 32.1. The molecule has 6 rings (SSSR count). The number of halogens is 10. The monoisotopic (exact) mass is 782 g/mol. The van der Waals surface area contributed by atoms with Gasteiger partial charge in [0, 0.05) is 12.1 Å². The van der Waals surface area contributed by atoms with Crippen LogP contribution >= 0.6 is 22.7 Å². The van der Waals surface area contributed by atoms with Crippen molar-refractivity contribution in [1.82, 2.24) is 9.97 Å². The van der Waals surface area contributed by atoms with E-state index in [1.54, 1.807) is 19.9 Å². The molecule has 0 aliphatic heterocycles. The Kier molecular flexibility index (Phi) is 11.6. The lowest BCUT2D eigenvalue weighted by Crippen LogP contribution is -2.15. The zero-order valence-corrected chi connectivity index (χ0v) is 28.8. The maximum Gasteiger partial charge on any atom is 0.416 e. The van der Waals surface area contributed by atoms with Crippen molar-refractivity contribution in [1.29, 1.82) is 0 Å². The summed E-state index contributed by atoms with van der Waals surface area (Å²) in [5, 5.41) is 5.50. The molecule has 0 unspecified atom stereocenters. The van der Waals surface area contributed by atoms with E-state index in [9.17, 15) is 48.7 Å². The molecule has 0 atom stereocenters. The quantitative estimate of drug-likeness (QED) is 0.158. The zero-order valence-electron chi connectivity index (χ0n) is 27.2. The van der Waals surface area contributed by atoms with Gasteiger partial charge >= 0.3 is 12.4 Å². The summed E-state index contributed by atoms with van der Waals surface area (Å²) in [5.74, 6) is -4.44. The summed E-state index contributed by atoms with van der Waals surface area (Å²) in [6, 6.07) is 16.2. The van der Waals surface area contributed by atoms with Gasteiger partial charge in [0.2, 0.25) is 0 Å². The fourth-order valence-corrected chi connectivity index (χ4v) is 6.79. The number of carbonyl (C=O) groups excluding carboxylic acids is 1. The summed E-state index contributed by atoms with van der Waals surface area (Å²) in [6.07, 6.45) is -8.92. The molecular formula is C36H24F10N4OS2. The zero-order chi connectivity index (χ0) is 38.7. The van der Waals surface area contributed by atoms with Gasteiger partial charge in [0.05, 0.1) is 32.3 Å². The highest BCUT2D eigenvalue weighted by Gasteiger charge is 2.32. The van der Waals surface area contributed by atoms with Gasteiger partial charge in [0.25, 0.3) is 5.91 Å². The molecule has 0 aliphatic carbocycles. The lowest BCUT2D eigenvalue weighted by Gasteiger charge is -2.08. The Labute approximate surface area is 303 Å². The van der Waals surface area contributed by atoms with E-state index in [0.717, 1.165) is 77.3 Å². The number of alkyl halides is 6. The van der Waals surface area contributed by atoms with Gasteiger partial charge in [-0.3, -0.25) is 10.1 Å². The van der Waals surface area contributed by atoms with Crippen molar-refractivity contribution in [2.45, 2.75) is 32.7 Å². The first-order valence-corrected chi connectivity index (χ1v) is 16.8. The standard InChI is InChI=1S/C18H11F5N2OS.C18H13F5N2S/c1-9-15(10-4-2-5-11(8-10)18(21,22)23)27-17(24-9)25-16(26)14-12(19)6-3-7-13(14)20;1-10-16(11-4-2-5-12(8-11)18(21,22)23)26-17(25-10)24-9-13-14(19)6-3-7-15(13)20/h2-8H,1H3,(H,24,25,26);2-8H,9H2,1H3,(H,24,25). The molecule has 0 radical (unpaired) electrons. The van der Waals surface area contributed by atoms with Gasteiger partial charge in [-0.25, -0.2) is 27.5 Å². The molecule has 0 saturated heterocycles. The van der Waals surface area contributed by atoms with Gasteiger partial charge in [-0.1, -0.05) is 59.1 Å². The van der Waals surface area contributed by atoms with Crippen LogP contribution in [0.15, 0.2) is 84.9 Å². The Morgan fingerprint density at radius 3 is 1.51 bits per heavy atom. The largest absolute Gasteiger partial charge is 0.416 e. The molecule has 5 nitrogen and oxygen atoms in total. The number of aromatic nitrogens is 2. The van der Waals surface area contributed by atoms with Crippen LogP contribution in [0.2, 0.25) is 0 Å². The SMILES string of the molecule is Cc1nc(NC(=O)c2c(F)cccc2F)sc1-c1cccc(C(F)(F)F)c1.Cc1nc(NCc2c(F)cccc2F)sc1-c1cccc(C(F)(F)F)c1. The average Bonchev–Trinajstić information content (AvgIpc) is 3.65. The van der Waals surface area contributed by atoms with E-state index in [1.165, 1.54) is 24.3 Å². The summed E-state index contributed by atoms with van der Waals surface area (Å²) in [6.45, 7) is 3.11. The first kappa shape index (κ1) is 38.9. The third kappa shape index (κ3) is 9.39. The van der Waals surface area contributed by atoms with E-state index in [2.05, 4.69) is 20.6 Å². The molecule has 53 heavy (non-hydrogen) atoms. The number of carbonyl (C=O) groups is 1. The summed E-state index contributed by atoms with van der Waals surface area (Å²) in [4.78, 5) is 21.4. The lowest BCUT2D eigenvalue weighted by molar-refractivity contribution is -0.138. The van der Waals surface area contributed by atoms with Gasteiger partial charge in [-0.2, -0.15) is 26.3 Å². The first-order chi connectivity index (χ1) is 24.9. The number of anilines is 2. The van der Waals surface area contributed by atoms with Crippen LogP contribution in [0.4, 0.5) is 54.2 Å². The summed E-state index contributed by atoms with van der Waals surface area (Å²) in [5.41, 5.74) is -0.865. The smallest absolute Gasteiger partial charge is 0.357 e. The van der Waals surface area contributed by atoms with Gasteiger partial charge in [-0.15, -0.1) is 0 Å². The Morgan fingerprint density at radius 1 is 0.623 bits per heavy atom. The Hall–Kier alpha value is -5.29. The second-order valence-corrected chi connectivity index (χ2v) is 13.1. The van der Waals surface area contributed by atoms with E-state index >= 15 is 0 Å². The van der Waals surface area contributed by atoms with Crippen LogP contribution in [0.3, 0.4) is 0 Å². The van der Waals surface area contributed by atoms with E-state index in [4.69, 9.17) is 0 Å². The van der Waals surface area contributed by atoms with Crippen LogP contribution in [-0.4, -0.2) is 15.9 Å². The molecule has 17 heteroatoms. The molecule has 6 aromatic rings. The molecule has 1 amide bonds. The summed E-state index contributed by atoms with van der Waals surface area (Å²) < 4.78 is 132. The second kappa shape index (κ2) is 15.8. The number of hydrogen-bond acceptors (Lipinski definition) is 6. The van der Waals surface area contributed by atoms with Crippen LogP contribution in [0.5, 0.6) is 0 Å². The minimum absolute atomic E-state index is 0.0209. The molecule has 0 saturated carbocycles. The predicted octanol–water partition coefficient (Wildman–Crippen LogP) is 11.7. The lowest BCUT2D eigenvalue weighted by atomic mass is 10.1. The van der Waals surface area contributed by atoms with Gasteiger partial charge in [0.15, 0.2) is 10.3 Å². The highest BCUT2D eigenvalue weighted by molar-refractivity contribution is 7.19. The molecule has 0 bridgehead atoms. The van der Waals surface area contributed by atoms with Gasteiger partial charge in [0.1, 0.15) is 28.8 Å². The molecule has 2 heterocycles. The van der Waals surface area contributed by atoms with Crippen LogP contribution < -0.4 is 10.6 Å². The van der Waals surface area contributed by atoms with Crippen molar-refractivity contribution in [3.8, 4) is 20.9 Å².